The molecule has 4 nitrogen and oxygen atoms in total. The van der Waals surface area contributed by atoms with Crippen LogP contribution in [0.2, 0.25) is 0 Å². The lowest BCUT2D eigenvalue weighted by molar-refractivity contribution is -0.121. The molecule has 4 heteroatoms. The Labute approximate surface area is 122 Å². The maximum Gasteiger partial charge on any atom is 0.220 e. The molecule has 0 bridgehead atoms. The molecule has 20 heavy (non-hydrogen) atoms. The molecule has 1 heterocycles. The summed E-state index contributed by atoms with van der Waals surface area (Å²) >= 11 is 0. The minimum Gasteiger partial charge on any atom is -0.468 e. The van der Waals surface area contributed by atoms with Crippen molar-refractivity contribution in [1.82, 2.24) is 10.2 Å². The molecule has 0 aliphatic heterocycles. The van der Waals surface area contributed by atoms with Crippen molar-refractivity contribution in [2.45, 2.75) is 46.6 Å². The second-order valence-corrected chi connectivity index (χ2v) is 5.49. The third-order valence-corrected chi connectivity index (χ3v) is 3.57. The van der Waals surface area contributed by atoms with E-state index in [2.05, 4.69) is 37.9 Å². The topological polar surface area (TPSA) is 45.5 Å². The molecule has 0 fully saturated rings. The molecule has 0 aliphatic rings. The van der Waals surface area contributed by atoms with E-state index >= 15 is 0 Å². The van der Waals surface area contributed by atoms with Crippen molar-refractivity contribution in [3.8, 4) is 0 Å². The summed E-state index contributed by atoms with van der Waals surface area (Å²) in [5.41, 5.74) is 0. The van der Waals surface area contributed by atoms with Gasteiger partial charge in [-0.3, -0.25) is 9.69 Å². The standard InChI is InChI=1S/C16H28N2O2/c1-5-18(6-2)14(15-8-7-11-20-15)12-17-16(19)10-9-13(3)4/h7-8,11,13-14H,5-6,9-10,12H2,1-4H3,(H,17,19). The molecule has 114 valence electrons. The van der Waals surface area contributed by atoms with Crippen LogP contribution in [0.4, 0.5) is 0 Å². The van der Waals surface area contributed by atoms with Gasteiger partial charge >= 0.3 is 0 Å². The quantitative estimate of drug-likeness (QED) is 0.755. The van der Waals surface area contributed by atoms with Gasteiger partial charge in [-0.1, -0.05) is 27.7 Å². The number of likely N-dealkylation sites (N-methyl/N-ethyl adjacent to an activating group) is 1. The first-order valence-electron chi connectivity index (χ1n) is 7.62. The number of hydrogen-bond acceptors (Lipinski definition) is 3. The molecule has 0 aliphatic carbocycles. The number of rotatable bonds is 9. The van der Waals surface area contributed by atoms with Crippen molar-refractivity contribution in [2.24, 2.45) is 5.92 Å². The van der Waals surface area contributed by atoms with Crippen molar-refractivity contribution >= 4 is 5.91 Å². The molecule has 1 aromatic rings. The van der Waals surface area contributed by atoms with Crippen LogP contribution in [0.1, 0.15) is 52.3 Å². The van der Waals surface area contributed by atoms with Crippen LogP contribution in [0.3, 0.4) is 0 Å². The average Bonchev–Trinajstić information content (AvgIpc) is 2.94. The first-order chi connectivity index (χ1) is 9.58. The highest BCUT2D eigenvalue weighted by atomic mass is 16.3. The van der Waals surface area contributed by atoms with Crippen LogP contribution in [0.15, 0.2) is 22.8 Å². The van der Waals surface area contributed by atoms with Crippen LogP contribution in [0.25, 0.3) is 0 Å². The van der Waals surface area contributed by atoms with E-state index in [4.69, 9.17) is 4.42 Å². The second-order valence-electron chi connectivity index (χ2n) is 5.49. The lowest BCUT2D eigenvalue weighted by Gasteiger charge is -2.28. The fraction of sp³-hybridized carbons (Fsp3) is 0.688. The van der Waals surface area contributed by atoms with E-state index in [1.54, 1.807) is 6.26 Å². The summed E-state index contributed by atoms with van der Waals surface area (Å²) < 4.78 is 5.52. The lowest BCUT2D eigenvalue weighted by Crippen LogP contribution is -2.37. The Kier molecular flexibility index (Phi) is 7.37. The fourth-order valence-corrected chi connectivity index (χ4v) is 2.27. The van der Waals surface area contributed by atoms with E-state index in [0.717, 1.165) is 25.3 Å². The Morgan fingerprint density at radius 3 is 2.55 bits per heavy atom. The summed E-state index contributed by atoms with van der Waals surface area (Å²) in [5.74, 6) is 1.60. The normalized spacial score (nSPS) is 12.9. The van der Waals surface area contributed by atoms with Gasteiger partial charge < -0.3 is 9.73 Å². The van der Waals surface area contributed by atoms with Crippen molar-refractivity contribution in [1.29, 1.82) is 0 Å². The Morgan fingerprint density at radius 1 is 1.35 bits per heavy atom. The van der Waals surface area contributed by atoms with Crippen molar-refractivity contribution < 1.29 is 9.21 Å². The predicted octanol–water partition coefficient (Wildman–Crippen LogP) is 3.21. The zero-order valence-electron chi connectivity index (χ0n) is 13.2. The molecule has 1 N–H and O–H groups in total. The number of nitrogens with one attached hydrogen (secondary N) is 1. The molecular formula is C16H28N2O2. The summed E-state index contributed by atoms with van der Waals surface area (Å²) in [6.45, 7) is 11.0. The molecule has 1 rings (SSSR count). The maximum atomic E-state index is 11.9. The van der Waals surface area contributed by atoms with Gasteiger partial charge in [0.25, 0.3) is 0 Å². The average molecular weight is 280 g/mol. The molecular weight excluding hydrogens is 252 g/mol. The van der Waals surface area contributed by atoms with Gasteiger partial charge in [0.2, 0.25) is 5.91 Å². The molecule has 0 aromatic carbocycles. The number of carbonyl (C=O) groups is 1. The van der Waals surface area contributed by atoms with Crippen LogP contribution in [0, 0.1) is 5.92 Å². The SMILES string of the molecule is CCN(CC)C(CNC(=O)CCC(C)C)c1ccco1. The first-order valence-corrected chi connectivity index (χ1v) is 7.62. The molecule has 0 radical (unpaired) electrons. The monoisotopic (exact) mass is 280 g/mol. The summed E-state index contributed by atoms with van der Waals surface area (Å²) in [5, 5.41) is 3.03. The fourth-order valence-electron chi connectivity index (χ4n) is 2.27. The van der Waals surface area contributed by atoms with Gasteiger partial charge in [-0.15, -0.1) is 0 Å². The van der Waals surface area contributed by atoms with Crippen LogP contribution in [0.5, 0.6) is 0 Å². The zero-order chi connectivity index (χ0) is 15.0. The smallest absolute Gasteiger partial charge is 0.220 e. The highest BCUT2D eigenvalue weighted by Crippen LogP contribution is 2.20. The number of furan rings is 1. The van der Waals surface area contributed by atoms with Gasteiger partial charge in [-0.05, 0) is 37.6 Å². The highest BCUT2D eigenvalue weighted by Gasteiger charge is 2.21. The van der Waals surface area contributed by atoms with Crippen molar-refractivity contribution in [2.75, 3.05) is 19.6 Å². The van der Waals surface area contributed by atoms with Gasteiger partial charge in [-0.25, -0.2) is 0 Å². The van der Waals surface area contributed by atoms with Gasteiger partial charge in [0.05, 0.1) is 12.3 Å². The van der Waals surface area contributed by atoms with Crippen molar-refractivity contribution in [3.05, 3.63) is 24.2 Å². The summed E-state index contributed by atoms with van der Waals surface area (Å²) in [4.78, 5) is 14.2. The molecule has 0 saturated carbocycles. The Hall–Kier alpha value is -1.29. The predicted molar refractivity (Wildman–Crippen MR) is 81.5 cm³/mol. The number of nitrogens with zero attached hydrogens (tertiary/aromatic N) is 1. The first kappa shape index (κ1) is 16.8. The molecule has 1 atom stereocenters. The minimum absolute atomic E-state index is 0.114. The Balaban J connectivity index is 2.55. The van der Waals surface area contributed by atoms with E-state index in [0.29, 0.717) is 18.9 Å². The van der Waals surface area contributed by atoms with E-state index < -0.39 is 0 Å². The maximum absolute atomic E-state index is 11.9. The van der Waals surface area contributed by atoms with E-state index in [9.17, 15) is 4.79 Å². The molecule has 1 amide bonds. The largest absolute Gasteiger partial charge is 0.468 e. The Bertz CT molecular complexity index is 370. The lowest BCUT2D eigenvalue weighted by atomic mass is 10.1. The third kappa shape index (κ3) is 5.37. The zero-order valence-corrected chi connectivity index (χ0v) is 13.2. The summed E-state index contributed by atoms with van der Waals surface area (Å²) in [7, 11) is 0. The summed E-state index contributed by atoms with van der Waals surface area (Å²) in [6, 6.07) is 3.98. The van der Waals surface area contributed by atoms with Crippen LogP contribution in [-0.4, -0.2) is 30.4 Å². The minimum atomic E-state index is 0.114. The van der Waals surface area contributed by atoms with Crippen LogP contribution < -0.4 is 5.32 Å². The highest BCUT2D eigenvalue weighted by molar-refractivity contribution is 5.75. The molecule has 0 spiro atoms. The number of hydrogen-bond donors (Lipinski definition) is 1. The van der Waals surface area contributed by atoms with Gasteiger partial charge in [0, 0.05) is 13.0 Å². The van der Waals surface area contributed by atoms with Crippen LogP contribution in [-0.2, 0) is 4.79 Å². The van der Waals surface area contributed by atoms with Crippen LogP contribution >= 0.6 is 0 Å². The number of amides is 1. The van der Waals surface area contributed by atoms with E-state index in [1.807, 2.05) is 12.1 Å². The molecule has 1 unspecified atom stereocenters. The summed E-state index contributed by atoms with van der Waals surface area (Å²) in [6.07, 6.45) is 3.22. The number of carbonyl (C=O) groups excluding carboxylic acids is 1. The van der Waals surface area contributed by atoms with E-state index in [1.165, 1.54) is 0 Å². The Morgan fingerprint density at radius 2 is 2.05 bits per heavy atom. The van der Waals surface area contributed by atoms with E-state index in [-0.39, 0.29) is 11.9 Å². The van der Waals surface area contributed by atoms with Gasteiger partial charge in [0.15, 0.2) is 0 Å². The molecule has 1 aromatic heterocycles. The van der Waals surface area contributed by atoms with Crippen molar-refractivity contribution in [3.63, 3.8) is 0 Å². The molecule has 0 saturated heterocycles. The van der Waals surface area contributed by atoms with Gasteiger partial charge in [0.1, 0.15) is 5.76 Å². The van der Waals surface area contributed by atoms with Gasteiger partial charge in [-0.2, -0.15) is 0 Å². The third-order valence-electron chi connectivity index (χ3n) is 3.57. The second kappa shape index (κ2) is 8.80.